The summed E-state index contributed by atoms with van der Waals surface area (Å²) >= 11 is 0. The number of Topliss-reactive ketones (excluding diaryl/α,β-unsaturated/α-hetero) is 1. The molecular weight excluding hydrogens is 610 g/mol. The predicted molar refractivity (Wildman–Crippen MR) is 181 cm³/mol. The summed E-state index contributed by atoms with van der Waals surface area (Å²) in [6, 6.07) is 14.1. The van der Waals surface area contributed by atoms with Gasteiger partial charge < -0.3 is 34.8 Å². The van der Waals surface area contributed by atoms with Crippen molar-refractivity contribution in [2.45, 2.75) is 58.0 Å². The maximum Gasteiger partial charge on any atom is 0.340 e. The Labute approximate surface area is 281 Å². The van der Waals surface area contributed by atoms with Crippen molar-refractivity contribution in [2.24, 2.45) is 5.92 Å². The Balaban J connectivity index is 0.978. The molecule has 10 heteroatoms. The van der Waals surface area contributed by atoms with Crippen LogP contribution in [0.1, 0.15) is 89.8 Å². The van der Waals surface area contributed by atoms with Crippen molar-refractivity contribution >= 4 is 17.7 Å². The zero-order chi connectivity index (χ0) is 33.8. The van der Waals surface area contributed by atoms with Gasteiger partial charge in [0.2, 0.25) is 0 Å². The number of ether oxygens (including phenoxy) is 2. The number of amides is 1. The smallest absolute Gasteiger partial charge is 0.340 e. The summed E-state index contributed by atoms with van der Waals surface area (Å²) in [5.41, 5.74) is 0.817. The van der Waals surface area contributed by atoms with Crippen molar-refractivity contribution in [1.29, 1.82) is 0 Å². The van der Waals surface area contributed by atoms with E-state index in [-0.39, 0.29) is 23.0 Å². The number of fused-ring (bicyclic) bond motifs is 6. The minimum Gasteiger partial charge on any atom is -0.508 e. The van der Waals surface area contributed by atoms with Crippen LogP contribution in [0.4, 0.5) is 0 Å². The number of phenolic OH excluding ortho intramolecular Hbond substituents is 2. The number of aromatic hydroxyl groups is 2. The van der Waals surface area contributed by atoms with Gasteiger partial charge in [0.05, 0.1) is 5.56 Å². The molecule has 0 atom stereocenters. The molecule has 0 unspecified atom stereocenters. The van der Waals surface area contributed by atoms with Crippen molar-refractivity contribution in [3.8, 4) is 23.0 Å². The molecule has 1 saturated heterocycles. The molecule has 3 heterocycles. The van der Waals surface area contributed by atoms with Gasteiger partial charge >= 0.3 is 5.97 Å². The van der Waals surface area contributed by atoms with Crippen LogP contribution < -0.4 is 10.1 Å². The van der Waals surface area contributed by atoms with Gasteiger partial charge in [0.1, 0.15) is 28.8 Å². The van der Waals surface area contributed by atoms with E-state index < -0.39 is 11.6 Å². The standard InChI is InChI=1S/C38H45N3O7/c1-25(2)24-41-19-17-40(18-20-41)16-6-8-27(42)7-4-3-5-15-39-36(45)26-9-12-31-30(21-26)37(46)48-38(31)32-13-10-28(43)22-34(32)47-35-23-29(44)11-14-33(35)38/h9-14,21-23,25,43-44H,3-8,15-20,24H2,1-2H3,(H,39,45). The average molecular weight is 656 g/mol. The van der Waals surface area contributed by atoms with E-state index in [1.807, 2.05) is 0 Å². The quantitative estimate of drug-likeness (QED) is 0.160. The van der Waals surface area contributed by atoms with E-state index in [4.69, 9.17) is 9.47 Å². The molecule has 10 nitrogen and oxygen atoms in total. The van der Waals surface area contributed by atoms with Crippen LogP contribution in [-0.2, 0) is 15.1 Å². The molecular formula is C38H45N3O7. The summed E-state index contributed by atoms with van der Waals surface area (Å²) in [4.78, 5) is 43.8. The fourth-order valence-corrected chi connectivity index (χ4v) is 7.11. The number of esters is 1. The van der Waals surface area contributed by atoms with Crippen LogP contribution in [0, 0.1) is 5.92 Å². The number of benzene rings is 3. The van der Waals surface area contributed by atoms with Gasteiger partial charge in [0.25, 0.3) is 5.91 Å². The Kier molecular flexibility index (Phi) is 10.0. The third-order valence-electron chi connectivity index (χ3n) is 9.47. The van der Waals surface area contributed by atoms with Gasteiger partial charge in [-0.1, -0.05) is 26.3 Å². The number of carbonyl (C=O) groups excluding carboxylic acids is 3. The topological polar surface area (TPSA) is 129 Å². The number of hydrogen-bond acceptors (Lipinski definition) is 9. The lowest BCUT2D eigenvalue weighted by molar-refractivity contribution is -0.119. The van der Waals surface area contributed by atoms with E-state index in [1.165, 1.54) is 24.3 Å². The Morgan fingerprint density at radius 2 is 1.44 bits per heavy atom. The maximum absolute atomic E-state index is 13.3. The number of unbranched alkanes of at least 4 members (excludes halogenated alkanes) is 2. The molecule has 254 valence electrons. The first-order valence-corrected chi connectivity index (χ1v) is 17.1. The Morgan fingerprint density at radius 3 is 2.10 bits per heavy atom. The van der Waals surface area contributed by atoms with Gasteiger partial charge in [-0.2, -0.15) is 0 Å². The fourth-order valence-electron chi connectivity index (χ4n) is 7.11. The summed E-state index contributed by atoms with van der Waals surface area (Å²) in [5, 5.41) is 23.1. The van der Waals surface area contributed by atoms with Crippen LogP contribution in [0.2, 0.25) is 0 Å². The zero-order valence-electron chi connectivity index (χ0n) is 27.8. The van der Waals surface area contributed by atoms with E-state index in [2.05, 4.69) is 29.0 Å². The maximum atomic E-state index is 13.3. The summed E-state index contributed by atoms with van der Waals surface area (Å²) < 4.78 is 12.1. The number of carbonyl (C=O) groups is 3. The Morgan fingerprint density at radius 1 is 0.812 bits per heavy atom. The first-order chi connectivity index (χ1) is 23.1. The highest BCUT2D eigenvalue weighted by atomic mass is 16.6. The number of nitrogens with zero attached hydrogens (tertiary/aromatic N) is 2. The second-order valence-corrected chi connectivity index (χ2v) is 13.5. The van der Waals surface area contributed by atoms with Gasteiger partial charge in [-0.15, -0.1) is 0 Å². The number of phenols is 2. The predicted octanol–water partition coefficient (Wildman–Crippen LogP) is 5.58. The monoisotopic (exact) mass is 655 g/mol. The summed E-state index contributed by atoms with van der Waals surface area (Å²) in [5.74, 6) is 0.666. The molecule has 3 aliphatic heterocycles. The van der Waals surface area contributed by atoms with E-state index in [9.17, 15) is 24.6 Å². The molecule has 3 aliphatic rings. The fraction of sp³-hybridized carbons (Fsp3) is 0.447. The lowest BCUT2D eigenvalue weighted by Gasteiger charge is -2.36. The SMILES string of the molecule is CC(C)CN1CCN(CCCC(=O)CCCCCNC(=O)c2ccc3c(c2)C(=O)OC32c3ccc(O)cc3Oc3cc(O)ccc32)CC1. The lowest BCUT2D eigenvalue weighted by atomic mass is 9.77. The van der Waals surface area contributed by atoms with Crippen LogP contribution >= 0.6 is 0 Å². The summed E-state index contributed by atoms with van der Waals surface area (Å²) in [6.07, 6.45) is 4.51. The number of ketones is 1. The molecule has 0 saturated carbocycles. The minimum absolute atomic E-state index is 0.0206. The number of hydrogen-bond donors (Lipinski definition) is 3. The molecule has 3 aromatic carbocycles. The average Bonchev–Trinajstić information content (AvgIpc) is 3.34. The molecule has 0 radical (unpaired) electrons. The summed E-state index contributed by atoms with van der Waals surface area (Å²) in [6.45, 7) is 11.5. The molecule has 6 rings (SSSR count). The Hall–Kier alpha value is -4.41. The van der Waals surface area contributed by atoms with Crippen LogP contribution in [0.3, 0.4) is 0 Å². The van der Waals surface area contributed by atoms with E-state index in [0.717, 1.165) is 65.0 Å². The van der Waals surface area contributed by atoms with Gasteiger partial charge in [-0.3, -0.25) is 9.59 Å². The Bertz CT molecular complexity index is 1630. The van der Waals surface area contributed by atoms with Gasteiger partial charge in [-0.25, -0.2) is 4.79 Å². The van der Waals surface area contributed by atoms with E-state index >= 15 is 0 Å². The normalized spacial score (nSPS) is 16.6. The van der Waals surface area contributed by atoms with Crippen LogP contribution in [0.25, 0.3) is 0 Å². The summed E-state index contributed by atoms with van der Waals surface area (Å²) in [7, 11) is 0. The third-order valence-corrected chi connectivity index (χ3v) is 9.47. The molecule has 1 amide bonds. The highest BCUT2D eigenvalue weighted by Crippen LogP contribution is 2.57. The molecule has 3 N–H and O–H groups in total. The van der Waals surface area contributed by atoms with Crippen LogP contribution in [0.15, 0.2) is 54.6 Å². The highest BCUT2D eigenvalue weighted by molar-refractivity contribution is 6.01. The number of nitrogens with one attached hydrogen (secondary N) is 1. The minimum atomic E-state index is -1.37. The molecule has 1 spiro atoms. The largest absolute Gasteiger partial charge is 0.508 e. The van der Waals surface area contributed by atoms with Gasteiger partial charge in [0.15, 0.2) is 5.60 Å². The number of piperazine rings is 1. The number of rotatable bonds is 13. The van der Waals surface area contributed by atoms with Crippen molar-refractivity contribution < 1.29 is 34.1 Å². The molecule has 3 aromatic rings. The molecule has 0 aliphatic carbocycles. The van der Waals surface area contributed by atoms with Gasteiger partial charge in [-0.05, 0) is 68.1 Å². The first-order valence-electron chi connectivity index (χ1n) is 17.1. The lowest BCUT2D eigenvalue weighted by Crippen LogP contribution is -2.47. The molecule has 0 bridgehead atoms. The zero-order valence-corrected chi connectivity index (χ0v) is 27.8. The van der Waals surface area contributed by atoms with E-state index in [0.29, 0.717) is 64.8 Å². The second-order valence-electron chi connectivity index (χ2n) is 13.5. The molecule has 0 aromatic heterocycles. The van der Waals surface area contributed by atoms with Crippen molar-refractivity contribution in [1.82, 2.24) is 15.1 Å². The second kappa shape index (κ2) is 14.4. The van der Waals surface area contributed by atoms with Gasteiger partial charge in [0, 0.05) is 86.5 Å². The highest BCUT2D eigenvalue weighted by Gasteiger charge is 2.53. The van der Waals surface area contributed by atoms with Crippen molar-refractivity contribution in [3.63, 3.8) is 0 Å². The third kappa shape index (κ3) is 7.05. The van der Waals surface area contributed by atoms with Crippen molar-refractivity contribution in [3.05, 3.63) is 82.4 Å². The van der Waals surface area contributed by atoms with Crippen molar-refractivity contribution in [2.75, 3.05) is 45.8 Å². The first kappa shape index (κ1) is 33.5. The van der Waals surface area contributed by atoms with E-state index in [1.54, 1.807) is 30.3 Å². The molecule has 48 heavy (non-hydrogen) atoms. The molecule has 1 fully saturated rings. The van der Waals surface area contributed by atoms with Crippen LogP contribution in [0.5, 0.6) is 23.0 Å². The van der Waals surface area contributed by atoms with Crippen LogP contribution in [-0.4, -0.2) is 83.5 Å².